The van der Waals surface area contributed by atoms with E-state index in [0.29, 0.717) is 0 Å². The molecule has 0 aliphatic carbocycles. The van der Waals surface area contributed by atoms with Crippen molar-refractivity contribution >= 4 is 44.1 Å². The Bertz CT molecular complexity index is 1790. The number of anilines is 2. The summed E-state index contributed by atoms with van der Waals surface area (Å²) in [5.41, 5.74) is 9.22. The topological polar surface area (TPSA) is 25.2 Å². The lowest BCUT2D eigenvalue weighted by atomic mass is 9.85. The highest BCUT2D eigenvalue weighted by molar-refractivity contribution is 6.11. The zero-order valence-electron chi connectivity index (χ0n) is 23.1. The Morgan fingerprint density at radius 3 is 1.97 bits per heavy atom. The second kappa shape index (κ2) is 8.77. The lowest BCUT2D eigenvalue weighted by Crippen LogP contribution is -2.11. The lowest BCUT2D eigenvalue weighted by molar-refractivity contribution is 0.590. The molecule has 0 aliphatic heterocycles. The Morgan fingerprint density at radius 1 is 0.553 bits per heavy atom. The summed E-state index contributed by atoms with van der Waals surface area (Å²) in [6, 6.07) is 35.0. The first-order chi connectivity index (χ1) is 18.1. The molecule has 1 aromatic heterocycles. The van der Waals surface area contributed by atoms with Gasteiger partial charge >= 0.3 is 0 Å². The maximum absolute atomic E-state index is 6.28. The zero-order chi connectivity index (χ0) is 26.7. The van der Waals surface area contributed by atoms with E-state index in [2.05, 4.69) is 144 Å². The minimum absolute atomic E-state index is 0.0757. The van der Waals surface area contributed by atoms with E-state index in [1.165, 1.54) is 33.0 Å². The molecule has 6 rings (SSSR count). The van der Waals surface area contributed by atoms with Crippen molar-refractivity contribution in [2.75, 3.05) is 5.32 Å². The van der Waals surface area contributed by atoms with Crippen LogP contribution in [0.2, 0.25) is 0 Å². The van der Waals surface area contributed by atoms with Gasteiger partial charge in [-0.05, 0) is 80.8 Å². The average molecular weight is 498 g/mol. The van der Waals surface area contributed by atoms with Crippen LogP contribution in [0.4, 0.5) is 11.4 Å². The molecule has 0 saturated heterocycles. The van der Waals surface area contributed by atoms with Crippen LogP contribution in [0, 0.1) is 0 Å². The lowest BCUT2D eigenvalue weighted by Gasteiger charge is -2.22. The molecule has 0 fully saturated rings. The van der Waals surface area contributed by atoms with E-state index < -0.39 is 0 Å². The molecule has 0 saturated carbocycles. The molecule has 1 heterocycles. The normalized spacial score (nSPS) is 12.5. The Balaban J connectivity index is 1.45. The molecule has 0 spiro atoms. The number of hydrogen-bond donors (Lipinski definition) is 1. The van der Waals surface area contributed by atoms with Gasteiger partial charge in [0.05, 0.1) is 0 Å². The van der Waals surface area contributed by atoms with Gasteiger partial charge in [-0.1, -0.05) is 96.1 Å². The van der Waals surface area contributed by atoms with Gasteiger partial charge in [-0.2, -0.15) is 0 Å². The van der Waals surface area contributed by atoms with Gasteiger partial charge in [0.1, 0.15) is 11.2 Å². The van der Waals surface area contributed by atoms with Gasteiger partial charge < -0.3 is 9.73 Å². The highest BCUT2D eigenvalue weighted by atomic mass is 16.3. The number of furan rings is 1. The third-order valence-corrected chi connectivity index (χ3v) is 7.54. The molecular weight excluding hydrogens is 462 g/mol. The molecule has 5 aromatic carbocycles. The summed E-state index contributed by atoms with van der Waals surface area (Å²) >= 11 is 0. The van der Waals surface area contributed by atoms with Gasteiger partial charge in [-0.25, -0.2) is 0 Å². The SMILES string of the molecule is CC(C)(C)c1ccc(Nc2ccc3oc4cc5ccc(C(C)(C)C)cc5cc4c3c2)c(-c2ccccc2)c1. The summed E-state index contributed by atoms with van der Waals surface area (Å²) < 4.78 is 6.28. The van der Waals surface area contributed by atoms with Crippen molar-refractivity contribution in [2.45, 2.75) is 52.4 Å². The van der Waals surface area contributed by atoms with Crippen LogP contribution in [-0.4, -0.2) is 0 Å². The molecule has 2 heteroatoms. The van der Waals surface area contributed by atoms with E-state index in [-0.39, 0.29) is 10.8 Å². The predicted molar refractivity (Wildman–Crippen MR) is 164 cm³/mol. The molecule has 0 radical (unpaired) electrons. The van der Waals surface area contributed by atoms with Gasteiger partial charge in [0.25, 0.3) is 0 Å². The first-order valence-electron chi connectivity index (χ1n) is 13.4. The quantitative estimate of drug-likeness (QED) is 0.263. The van der Waals surface area contributed by atoms with Crippen LogP contribution in [0.15, 0.2) is 101 Å². The first kappa shape index (κ1) is 24.3. The van der Waals surface area contributed by atoms with E-state index in [1.807, 2.05) is 0 Å². The number of benzene rings is 5. The molecule has 0 unspecified atom stereocenters. The smallest absolute Gasteiger partial charge is 0.136 e. The average Bonchev–Trinajstić information content (AvgIpc) is 3.23. The third kappa shape index (κ3) is 4.45. The van der Waals surface area contributed by atoms with Crippen molar-refractivity contribution in [2.24, 2.45) is 0 Å². The van der Waals surface area contributed by atoms with Crippen LogP contribution in [0.3, 0.4) is 0 Å². The van der Waals surface area contributed by atoms with E-state index in [4.69, 9.17) is 4.42 Å². The number of hydrogen-bond acceptors (Lipinski definition) is 2. The maximum atomic E-state index is 6.28. The molecule has 38 heavy (non-hydrogen) atoms. The fourth-order valence-corrected chi connectivity index (χ4v) is 5.20. The van der Waals surface area contributed by atoms with E-state index in [0.717, 1.165) is 33.3 Å². The minimum Gasteiger partial charge on any atom is -0.456 e. The van der Waals surface area contributed by atoms with Crippen molar-refractivity contribution < 1.29 is 4.42 Å². The molecule has 2 nitrogen and oxygen atoms in total. The van der Waals surface area contributed by atoms with Crippen LogP contribution in [0.5, 0.6) is 0 Å². The number of rotatable bonds is 3. The highest BCUT2D eigenvalue weighted by Gasteiger charge is 2.18. The highest BCUT2D eigenvalue weighted by Crippen LogP contribution is 2.38. The first-order valence-corrected chi connectivity index (χ1v) is 13.4. The van der Waals surface area contributed by atoms with Crippen molar-refractivity contribution in [1.82, 2.24) is 0 Å². The van der Waals surface area contributed by atoms with Crippen LogP contribution >= 0.6 is 0 Å². The molecule has 6 aromatic rings. The van der Waals surface area contributed by atoms with Gasteiger partial charge in [0.15, 0.2) is 0 Å². The van der Waals surface area contributed by atoms with Crippen LogP contribution < -0.4 is 5.32 Å². The summed E-state index contributed by atoms with van der Waals surface area (Å²) in [5.74, 6) is 0. The second-order valence-corrected chi connectivity index (χ2v) is 12.5. The van der Waals surface area contributed by atoms with E-state index >= 15 is 0 Å². The Morgan fingerprint density at radius 2 is 1.24 bits per heavy atom. The van der Waals surface area contributed by atoms with Crippen LogP contribution in [0.1, 0.15) is 52.7 Å². The standard InChI is InChI=1S/C36H35NO/c1-35(2,3)26-13-12-24-20-34-30(19-25(24)18-26)31-22-28(15-17-33(31)38-34)37-32-16-14-27(36(4,5)6)21-29(32)23-10-8-7-9-11-23/h7-22,37H,1-6H3. The van der Waals surface area contributed by atoms with Gasteiger partial charge in [-0.3, -0.25) is 0 Å². The molecular formula is C36H35NO. The van der Waals surface area contributed by atoms with Crippen molar-refractivity contribution in [3.63, 3.8) is 0 Å². The predicted octanol–water partition coefficient (Wildman–Crippen LogP) is 10.7. The second-order valence-electron chi connectivity index (χ2n) is 12.5. The largest absolute Gasteiger partial charge is 0.456 e. The summed E-state index contributed by atoms with van der Waals surface area (Å²) in [6.45, 7) is 13.6. The van der Waals surface area contributed by atoms with Crippen LogP contribution in [-0.2, 0) is 10.8 Å². The fourth-order valence-electron chi connectivity index (χ4n) is 5.20. The van der Waals surface area contributed by atoms with Crippen molar-refractivity contribution in [3.05, 3.63) is 108 Å². The Labute approximate surface area is 225 Å². The van der Waals surface area contributed by atoms with Gasteiger partial charge in [0, 0.05) is 27.7 Å². The molecule has 0 amide bonds. The molecule has 0 bridgehead atoms. The zero-order valence-corrected chi connectivity index (χ0v) is 23.1. The summed E-state index contributed by atoms with van der Waals surface area (Å²) in [6.07, 6.45) is 0. The molecule has 190 valence electrons. The Hall–Kier alpha value is -4.04. The fraction of sp³-hybridized carbons (Fsp3) is 0.222. The minimum atomic E-state index is 0.0757. The van der Waals surface area contributed by atoms with Crippen molar-refractivity contribution in [1.29, 1.82) is 0 Å². The maximum Gasteiger partial charge on any atom is 0.136 e. The van der Waals surface area contributed by atoms with E-state index in [9.17, 15) is 0 Å². The molecule has 1 N–H and O–H groups in total. The van der Waals surface area contributed by atoms with E-state index in [1.54, 1.807) is 0 Å². The summed E-state index contributed by atoms with van der Waals surface area (Å²) in [4.78, 5) is 0. The molecule has 0 aliphatic rings. The third-order valence-electron chi connectivity index (χ3n) is 7.54. The monoisotopic (exact) mass is 497 g/mol. The van der Waals surface area contributed by atoms with Crippen LogP contribution in [0.25, 0.3) is 43.8 Å². The molecule has 0 atom stereocenters. The van der Waals surface area contributed by atoms with Crippen molar-refractivity contribution in [3.8, 4) is 11.1 Å². The summed E-state index contributed by atoms with van der Waals surface area (Å²) in [5, 5.41) is 8.44. The number of fused-ring (bicyclic) bond motifs is 4. The summed E-state index contributed by atoms with van der Waals surface area (Å²) in [7, 11) is 0. The van der Waals surface area contributed by atoms with Gasteiger partial charge in [-0.15, -0.1) is 0 Å². The van der Waals surface area contributed by atoms with Gasteiger partial charge in [0.2, 0.25) is 0 Å². The Kier molecular flexibility index (Phi) is 5.61. The number of nitrogens with one attached hydrogen (secondary N) is 1.